The number of unbranched alkanes of at least 4 members (excludes halogenated alkanes) is 1. The third-order valence-electron chi connectivity index (χ3n) is 3.00. The lowest BCUT2D eigenvalue weighted by Gasteiger charge is -2.06. The summed E-state index contributed by atoms with van der Waals surface area (Å²) in [6.45, 7) is 0.479. The Morgan fingerprint density at radius 2 is 1.95 bits per heavy atom. The van der Waals surface area contributed by atoms with Crippen LogP contribution >= 0.6 is 0 Å². The highest BCUT2D eigenvalue weighted by Crippen LogP contribution is 2.08. The molecule has 0 atom stereocenters. The Balaban J connectivity index is 1.81. The van der Waals surface area contributed by atoms with Crippen LogP contribution in [0.2, 0.25) is 0 Å². The fraction of sp³-hybridized carbons (Fsp3) is 0.267. The lowest BCUT2D eigenvalue weighted by molar-refractivity contribution is -0.137. The standard InChI is InChI=1S/C15H17N3O3/c19-14(20)4-1-2-9-16-15(21)12-5-7-13(8-6-12)18-11-3-10-17-18/h3,5-8,10-11H,1-2,4,9H2,(H,16,21)(H,19,20). The van der Waals surface area contributed by atoms with Gasteiger partial charge in [-0.1, -0.05) is 0 Å². The number of benzene rings is 1. The number of hydrogen-bond donors (Lipinski definition) is 2. The third kappa shape index (κ3) is 4.45. The molecular weight excluding hydrogens is 270 g/mol. The van der Waals surface area contributed by atoms with E-state index < -0.39 is 5.97 Å². The molecule has 1 amide bonds. The van der Waals surface area contributed by atoms with Crippen LogP contribution in [0.1, 0.15) is 29.6 Å². The molecule has 1 aromatic carbocycles. The molecule has 1 heterocycles. The minimum Gasteiger partial charge on any atom is -0.481 e. The number of carbonyl (C=O) groups excluding carboxylic acids is 1. The first kappa shape index (κ1) is 14.8. The quantitative estimate of drug-likeness (QED) is 0.761. The van der Waals surface area contributed by atoms with Crippen molar-refractivity contribution in [3.05, 3.63) is 48.3 Å². The number of aliphatic carboxylic acids is 1. The van der Waals surface area contributed by atoms with Crippen molar-refractivity contribution < 1.29 is 14.7 Å². The van der Waals surface area contributed by atoms with Crippen molar-refractivity contribution in [2.75, 3.05) is 6.54 Å². The van der Waals surface area contributed by atoms with Gasteiger partial charge in [0.1, 0.15) is 0 Å². The van der Waals surface area contributed by atoms with Gasteiger partial charge in [0.2, 0.25) is 0 Å². The van der Waals surface area contributed by atoms with Crippen molar-refractivity contribution in [2.45, 2.75) is 19.3 Å². The van der Waals surface area contributed by atoms with Crippen molar-refractivity contribution in [1.29, 1.82) is 0 Å². The summed E-state index contributed by atoms with van der Waals surface area (Å²) in [5, 5.41) is 15.4. The maximum atomic E-state index is 11.9. The van der Waals surface area contributed by atoms with E-state index in [9.17, 15) is 9.59 Å². The molecule has 0 unspecified atom stereocenters. The monoisotopic (exact) mass is 287 g/mol. The van der Waals surface area contributed by atoms with Gasteiger partial charge in [-0.2, -0.15) is 5.10 Å². The number of carboxylic acid groups (broad SMARTS) is 1. The normalized spacial score (nSPS) is 10.3. The van der Waals surface area contributed by atoms with Crippen LogP contribution in [0.25, 0.3) is 5.69 Å². The maximum absolute atomic E-state index is 11.9. The molecule has 2 rings (SSSR count). The molecular formula is C15H17N3O3. The van der Waals surface area contributed by atoms with Gasteiger partial charge in [0, 0.05) is 30.9 Å². The number of carboxylic acids is 1. The summed E-state index contributed by atoms with van der Waals surface area (Å²) >= 11 is 0. The minimum absolute atomic E-state index is 0.133. The molecule has 0 fully saturated rings. The van der Waals surface area contributed by atoms with E-state index in [0.717, 1.165) is 5.69 Å². The van der Waals surface area contributed by atoms with E-state index >= 15 is 0 Å². The Bertz CT molecular complexity index is 591. The molecule has 0 spiro atoms. The molecule has 1 aromatic heterocycles. The predicted molar refractivity (Wildman–Crippen MR) is 77.4 cm³/mol. The van der Waals surface area contributed by atoms with Crippen LogP contribution in [0.15, 0.2) is 42.7 Å². The molecule has 2 N–H and O–H groups in total. The molecule has 0 aliphatic rings. The average molecular weight is 287 g/mol. The van der Waals surface area contributed by atoms with Gasteiger partial charge >= 0.3 is 5.97 Å². The smallest absolute Gasteiger partial charge is 0.303 e. The second-order valence-corrected chi connectivity index (χ2v) is 4.60. The van der Waals surface area contributed by atoms with Gasteiger partial charge in [-0.25, -0.2) is 4.68 Å². The van der Waals surface area contributed by atoms with Gasteiger partial charge in [0.15, 0.2) is 0 Å². The van der Waals surface area contributed by atoms with Crippen LogP contribution in [-0.2, 0) is 4.79 Å². The molecule has 0 aliphatic carbocycles. The Hall–Kier alpha value is -2.63. The van der Waals surface area contributed by atoms with Crippen LogP contribution in [0.3, 0.4) is 0 Å². The second kappa shape index (κ2) is 7.23. The summed E-state index contributed by atoms with van der Waals surface area (Å²) in [5.74, 6) is -0.965. The molecule has 0 saturated heterocycles. The Labute approximate surface area is 122 Å². The van der Waals surface area contributed by atoms with E-state index in [1.165, 1.54) is 0 Å². The summed E-state index contributed by atoms with van der Waals surface area (Å²) < 4.78 is 1.72. The molecule has 2 aromatic rings. The zero-order valence-electron chi connectivity index (χ0n) is 11.5. The van der Waals surface area contributed by atoms with Gasteiger partial charge in [-0.3, -0.25) is 9.59 Å². The summed E-state index contributed by atoms with van der Waals surface area (Å²) in [7, 11) is 0. The van der Waals surface area contributed by atoms with Crippen molar-refractivity contribution in [1.82, 2.24) is 15.1 Å². The summed E-state index contributed by atoms with van der Waals surface area (Å²) in [6.07, 6.45) is 4.88. The molecule has 6 nitrogen and oxygen atoms in total. The number of nitrogens with zero attached hydrogens (tertiary/aromatic N) is 2. The first-order chi connectivity index (χ1) is 10.2. The van der Waals surface area contributed by atoms with Gasteiger partial charge in [0.05, 0.1) is 5.69 Å². The number of hydrogen-bond acceptors (Lipinski definition) is 3. The van der Waals surface area contributed by atoms with E-state index in [1.54, 1.807) is 23.0 Å². The van der Waals surface area contributed by atoms with Gasteiger partial charge in [0.25, 0.3) is 5.91 Å². The summed E-state index contributed by atoms with van der Waals surface area (Å²) in [6, 6.07) is 8.96. The average Bonchev–Trinajstić information content (AvgIpc) is 3.01. The molecule has 21 heavy (non-hydrogen) atoms. The van der Waals surface area contributed by atoms with E-state index in [4.69, 9.17) is 5.11 Å². The van der Waals surface area contributed by atoms with Crippen LogP contribution in [0, 0.1) is 0 Å². The van der Waals surface area contributed by atoms with Gasteiger partial charge < -0.3 is 10.4 Å². The molecule has 110 valence electrons. The predicted octanol–water partition coefficient (Wildman–Crippen LogP) is 1.86. The summed E-state index contributed by atoms with van der Waals surface area (Å²) in [5.41, 5.74) is 1.46. The summed E-state index contributed by atoms with van der Waals surface area (Å²) in [4.78, 5) is 22.2. The maximum Gasteiger partial charge on any atom is 0.303 e. The van der Waals surface area contributed by atoms with Crippen molar-refractivity contribution in [3.63, 3.8) is 0 Å². The minimum atomic E-state index is -0.810. The zero-order valence-corrected chi connectivity index (χ0v) is 11.5. The topological polar surface area (TPSA) is 84.2 Å². The Morgan fingerprint density at radius 1 is 1.19 bits per heavy atom. The zero-order chi connectivity index (χ0) is 15.1. The molecule has 0 aliphatic heterocycles. The first-order valence-electron chi connectivity index (χ1n) is 6.77. The number of nitrogens with one attached hydrogen (secondary N) is 1. The lowest BCUT2D eigenvalue weighted by Crippen LogP contribution is -2.24. The number of carbonyl (C=O) groups is 2. The van der Waals surface area contributed by atoms with Crippen molar-refractivity contribution in [2.24, 2.45) is 0 Å². The molecule has 0 saturated carbocycles. The molecule has 6 heteroatoms. The van der Waals surface area contributed by atoms with E-state index in [0.29, 0.717) is 24.9 Å². The van der Waals surface area contributed by atoms with Gasteiger partial charge in [-0.05, 0) is 43.2 Å². The Morgan fingerprint density at radius 3 is 2.57 bits per heavy atom. The van der Waals surface area contributed by atoms with Crippen molar-refractivity contribution >= 4 is 11.9 Å². The van der Waals surface area contributed by atoms with E-state index in [1.807, 2.05) is 24.4 Å². The van der Waals surface area contributed by atoms with Crippen LogP contribution < -0.4 is 5.32 Å². The SMILES string of the molecule is O=C(O)CCCCNC(=O)c1ccc(-n2cccn2)cc1. The largest absolute Gasteiger partial charge is 0.481 e. The number of amides is 1. The van der Waals surface area contributed by atoms with E-state index in [-0.39, 0.29) is 12.3 Å². The highest BCUT2D eigenvalue weighted by molar-refractivity contribution is 5.94. The first-order valence-corrected chi connectivity index (χ1v) is 6.77. The van der Waals surface area contributed by atoms with Crippen molar-refractivity contribution in [3.8, 4) is 5.69 Å². The fourth-order valence-electron chi connectivity index (χ4n) is 1.89. The van der Waals surface area contributed by atoms with Crippen LogP contribution in [-0.4, -0.2) is 33.3 Å². The van der Waals surface area contributed by atoms with Crippen LogP contribution in [0.5, 0.6) is 0 Å². The molecule has 0 radical (unpaired) electrons. The highest BCUT2D eigenvalue weighted by Gasteiger charge is 2.05. The Kier molecular flexibility index (Phi) is 5.09. The highest BCUT2D eigenvalue weighted by atomic mass is 16.4. The third-order valence-corrected chi connectivity index (χ3v) is 3.00. The lowest BCUT2D eigenvalue weighted by atomic mass is 10.2. The molecule has 0 bridgehead atoms. The van der Waals surface area contributed by atoms with Crippen LogP contribution in [0.4, 0.5) is 0 Å². The second-order valence-electron chi connectivity index (χ2n) is 4.60. The number of aromatic nitrogens is 2. The number of rotatable bonds is 7. The van der Waals surface area contributed by atoms with E-state index in [2.05, 4.69) is 10.4 Å². The fourth-order valence-corrected chi connectivity index (χ4v) is 1.89. The van der Waals surface area contributed by atoms with Gasteiger partial charge in [-0.15, -0.1) is 0 Å².